The molecule has 0 saturated carbocycles. The van der Waals surface area contributed by atoms with Gasteiger partial charge in [0.1, 0.15) is 12.3 Å². The fourth-order valence-corrected chi connectivity index (χ4v) is 2.70. The molecule has 1 aromatic heterocycles. The third-order valence-corrected chi connectivity index (χ3v) is 3.85. The van der Waals surface area contributed by atoms with E-state index in [2.05, 4.69) is 57.2 Å². The van der Waals surface area contributed by atoms with Crippen molar-refractivity contribution in [2.24, 2.45) is 0 Å². The molecular weight excluding hydrogens is 284 g/mol. The van der Waals surface area contributed by atoms with Crippen molar-refractivity contribution in [1.82, 2.24) is 19.0 Å². The van der Waals surface area contributed by atoms with E-state index in [1.54, 1.807) is 0 Å². The molecular formula is C15H18N4OS. The lowest BCUT2D eigenvalue weighted by molar-refractivity contribution is 0.294. The number of nitrogens with one attached hydrogen (secondary N) is 1. The van der Waals surface area contributed by atoms with Gasteiger partial charge in [-0.15, -0.1) is 4.37 Å². The van der Waals surface area contributed by atoms with Crippen molar-refractivity contribution in [2.75, 3.05) is 20.3 Å². The maximum Gasteiger partial charge on any atom is 0.254 e. The zero-order chi connectivity index (χ0) is 14.7. The smallest absolute Gasteiger partial charge is 0.254 e. The molecule has 1 N–H and O–H groups in total. The number of aryl methyl sites for hydroxylation is 1. The summed E-state index contributed by atoms with van der Waals surface area (Å²) in [6.45, 7) is 4.28. The third-order valence-electron chi connectivity index (χ3n) is 3.34. The topological polar surface area (TPSA) is 50.3 Å². The summed E-state index contributed by atoms with van der Waals surface area (Å²) in [5.74, 6) is 0.615. The minimum absolute atomic E-state index is 0.509. The normalized spacial score (nSPS) is 15.4. The Morgan fingerprint density at radius 1 is 1.29 bits per heavy atom. The van der Waals surface area contributed by atoms with E-state index < -0.39 is 0 Å². The fourth-order valence-electron chi connectivity index (χ4n) is 2.17. The van der Waals surface area contributed by atoms with Crippen molar-refractivity contribution in [1.29, 1.82) is 0 Å². The lowest BCUT2D eigenvalue weighted by atomic mass is 10.1. The summed E-state index contributed by atoms with van der Waals surface area (Å²) in [5, 5.41) is 3.23. The SMILES string of the molecule is Cc1ccc(COc2nsnc2C2=CNCN(C)C2)cc1. The molecule has 0 atom stereocenters. The Labute approximate surface area is 128 Å². The summed E-state index contributed by atoms with van der Waals surface area (Å²) in [7, 11) is 2.06. The molecule has 0 aliphatic carbocycles. The first-order valence-corrected chi connectivity index (χ1v) is 7.57. The predicted octanol–water partition coefficient (Wildman–Crippen LogP) is 2.26. The lowest BCUT2D eigenvalue weighted by Crippen LogP contribution is -2.34. The summed E-state index contributed by atoms with van der Waals surface area (Å²) >= 11 is 1.19. The van der Waals surface area contributed by atoms with Crippen LogP contribution in [-0.4, -0.2) is 33.9 Å². The van der Waals surface area contributed by atoms with Crippen LogP contribution in [0.15, 0.2) is 30.5 Å². The highest BCUT2D eigenvalue weighted by atomic mass is 32.1. The van der Waals surface area contributed by atoms with E-state index in [1.807, 2.05) is 6.20 Å². The number of aromatic nitrogens is 2. The van der Waals surface area contributed by atoms with Crippen LogP contribution in [-0.2, 0) is 6.61 Å². The summed E-state index contributed by atoms with van der Waals surface area (Å²) < 4.78 is 14.5. The predicted molar refractivity (Wildman–Crippen MR) is 84.0 cm³/mol. The minimum atomic E-state index is 0.509. The minimum Gasteiger partial charge on any atom is -0.471 e. The van der Waals surface area contributed by atoms with E-state index in [-0.39, 0.29) is 0 Å². The van der Waals surface area contributed by atoms with E-state index in [0.29, 0.717) is 12.5 Å². The van der Waals surface area contributed by atoms with Gasteiger partial charge in [0.05, 0.1) is 18.4 Å². The van der Waals surface area contributed by atoms with E-state index in [0.717, 1.165) is 30.0 Å². The van der Waals surface area contributed by atoms with Gasteiger partial charge in [-0.1, -0.05) is 29.8 Å². The third kappa shape index (κ3) is 3.40. The van der Waals surface area contributed by atoms with Crippen molar-refractivity contribution in [3.05, 3.63) is 47.3 Å². The zero-order valence-corrected chi connectivity index (χ0v) is 13.0. The molecule has 0 unspecified atom stereocenters. The van der Waals surface area contributed by atoms with E-state index in [4.69, 9.17) is 4.74 Å². The Hall–Kier alpha value is -1.92. The number of ether oxygens (including phenoxy) is 1. The molecule has 6 heteroatoms. The Bertz CT molecular complexity index is 635. The van der Waals surface area contributed by atoms with Gasteiger partial charge < -0.3 is 10.1 Å². The fraction of sp³-hybridized carbons (Fsp3) is 0.333. The van der Waals surface area contributed by atoms with Crippen LogP contribution in [0, 0.1) is 6.92 Å². The van der Waals surface area contributed by atoms with Crippen LogP contribution in [0.1, 0.15) is 16.8 Å². The van der Waals surface area contributed by atoms with Gasteiger partial charge in [0.15, 0.2) is 0 Å². The average Bonchev–Trinajstić information content (AvgIpc) is 2.95. The number of nitrogens with zero attached hydrogens (tertiary/aromatic N) is 3. The molecule has 110 valence electrons. The molecule has 0 amide bonds. The lowest BCUT2D eigenvalue weighted by Gasteiger charge is -2.23. The van der Waals surface area contributed by atoms with Gasteiger partial charge in [0.25, 0.3) is 5.88 Å². The molecule has 2 aromatic rings. The number of hydrogen-bond acceptors (Lipinski definition) is 6. The summed E-state index contributed by atoms with van der Waals surface area (Å²) in [6.07, 6.45) is 2.00. The van der Waals surface area contributed by atoms with Crippen molar-refractivity contribution >= 4 is 17.3 Å². The molecule has 1 aliphatic heterocycles. The van der Waals surface area contributed by atoms with Gasteiger partial charge in [-0.3, -0.25) is 4.90 Å². The zero-order valence-electron chi connectivity index (χ0n) is 12.2. The number of rotatable bonds is 4. The molecule has 1 aromatic carbocycles. The van der Waals surface area contributed by atoms with Gasteiger partial charge in [-0.2, -0.15) is 4.37 Å². The van der Waals surface area contributed by atoms with Crippen molar-refractivity contribution < 1.29 is 4.74 Å². The molecule has 0 radical (unpaired) electrons. The van der Waals surface area contributed by atoms with Crippen LogP contribution in [0.2, 0.25) is 0 Å². The summed E-state index contributed by atoms with van der Waals surface area (Å²) in [4.78, 5) is 2.18. The van der Waals surface area contributed by atoms with Gasteiger partial charge in [0.2, 0.25) is 0 Å². The molecule has 0 fully saturated rings. The number of likely N-dealkylation sites (N-methyl/N-ethyl adjacent to an activating group) is 1. The number of benzene rings is 1. The largest absolute Gasteiger partial charge is 0.471 e. The van der Waals surface area contributed by atoms with Gasteiger partial charge in [0, 0.05) is 18.3 Å². The second-order valence-corrected chi connectivity index (χ2v) is 5.77. The monoisotopic (exact) mass is 302 g/mol. The van der Waals surface area contributed by atoms with E-state index in [1.165, 1.54) is 17.3 Å². The van der Waals surface area contributed by atoms with Gasteiger partial charge in [-0.25, -0.2) is 0 Å². The molecule has 3 rings (SSSR count). The van der Waals surface area contributed by atoms with Crippen molar-refractivity contribution in [2.45, 2.75) is 13.5 Å². The number of hydrogen-bond donors (Lipinski definition) is 1. The molecule has 5 nitrogen and oxygen atoms in total. The van der Waals surface area contributed by atoms with E-state index in [9.17, 15) is 0 Å². The molecule has 2 heterocycles. The summed E-state index contributed by atoms with van der Waals surface area (Å²) in [6, 6.07) is 8.32. The molecule has 21 heavy (non-hydrogen) atoms. The maximum atomic E-state index is 5.84. The first kappa shape index (κ1) is 14.0. The highest BCUT2D eigenvalue weighted by Crippen LogP contribution is 2.25. The second-order valence-electron chi connectivity index (χ2n) is 5.24. The van der Waals surface area contributed by atoms with Gasteiger partial charge >= 0.3 is 0 Å². The molecule has 0 bridgehead atoms. The van der Waals surface area contributed by atoms with Crippen LogP contribution >= 0.6 is 11.7 Å². The van der Waals surface area contributed by atoms with Crippen molar-refractivity contribution in [3.63, 3.8) is 0 Å². The van der Waals surface area contributed by atoms with E-state index >= 15 is 0 Å². The van der Waals surface area contributed by atoms with Gasteiger partial charge in [-0.05, 0) is 19.5 Å². The standard InChI is InChI=1S/C15H18N4OS/c1-11-3-5-12(6-4-11)9-20-15-14(17-21-18-15)13-7-16-10-19(2)8-13/h3-7,16H,8-10H2,1-2H3. The first-order valence-electron chi connectivity index (χ1n) is 6.84. The van der Waals surface area contributed by atoms with Crippen molar-refractivity contribution in [3.8, 4) is 5.88 Å². The van der Waals surface area contributed by atoms with Crippen LogP contribution in [0.3, 0.4) is 0 Å². The van der Waals surface area contributed by atoms with Crippen LogP contribution < -0.4 is 10.1 Å². The van der Waals surface area contributed by atoms with Crippen LogP contribution in [0.5, 0.6) is 5.88 Å². The molecule has 1 aliphatic rings. The molecule has 0 saturated heterocycles. The Kier molecular flexibility index (Phi) is 4.17. The van der Waals surface area contributed by atoms with Crippen LogP contribution in [0.4, 0.5) is 0 Å². The average molecular weight is 302 g/mol. The Morgan fingerprint density at radius 2 is 2.10 bits per heavy atom. The Morgan fingerprint density at radius 3 is 2.86 bits per heavy atom. The highest BCUT2D eigenvalue weighted by molar-refractivity contribution is 6.99. The second kappa shape index (κ2) is 6.24. The maximum absolute atomic E-state index is 5.84. The molecule has 0 spiro atoms. The Balaban J connectivity index is 1.71. The summed E-state index contributed by atoms with van der Waals surface area (Å²) in [5.41, 5.74) is 4.33. The highest BCUT2D eigenvalue weighted by Gasteiger charge is 2.18. The quantitative estimate of drug-likeness (QED) is 0.939. The van der Waals surface area contributed by atoms with Crippen LogP contribution in [0.25, 0.3) is 5.57 Å². The first-order chi connectivity index (χ1) is 10.2.